The van der Waals surface area contributed by atoms with E-state index in [1.165, 1.54) is 0 Å². The van der Waals surface area contributed by atoms with Crippen molar-refractivity contribution in [1.29, 1.82) is 0 Å². The van der Waals surface area contributed by atoms with E-state index in [4.69, 9.17) is 4.52 Å². The van der Waals surface area contributed by atoms with Crippen molar-refractivity contribution in [2.24, 2.45) is 0 Å². The summed E-state index contributed by atoms with van der Waals surface area (Å²) in [5.74, 6) is 0.709. The molecule has 7 nitrogen and oxygen atoms in total. The largest absolute Gasteiger partial charge is 0.338 e. The quantitative estimate of drug-likeness (QED) is 0.883. The van der Waals surface area contributed by atoms with Crippen LogP contribution in [0.4, 0.5) is 5.88 Å². The van der Waals surface area contributed by atoms with Crippen LogP contribution in [0.1, 0.15) is 58.1 Å². The van der Waals surface area contributed by atoms with Crippen molar-refractivity contribution in [1.82, 2.24) is 15.0 Å². The van der Waals surface area contributed by atoms with Crippen LogP contribution in [-0.4, -0.2) is 58.5 Å². The van der Waals surface area contributed by atoms with E-state index in [1.807, 2.05) is 18.7 Å². The van der Waals surface area contributed by atoms with Gasteiger partial charge in [0.2, 0.25) is 17.7 Å². The van der Waals surface area contributed by atoms with E-state index >= 15 is 0 Å². The molecular formula is C18H28N4O3. The number of carbonyl (C=O) groups excluding carboxylic acids is 2. The van der Waals surface area contributed by atoms with Crippen LogP contribution in [0.15, 0.2) is 10.6 Å². The topological polar surface area (TPSA) is 78.7 Å². The van der Waals surface area contributed by atoms with Gasteiger partial charge in [-0.1, -0.05) is 19.0 Å². The van der Waals surface area contributed by atoms with Gasteiger partial charge in [0.15, 0.2) is 0 Å². The van der Waals surface area contributed by atoms with E-state index in [2.05, 4.69) is 15.4 Å². The van der Waals surface area contributed by atoms with E-state index < -0.39 is 0 Å². The second kappa shape index (κ2) is 7.56. The molecule has 0 saturated carbocycles. The summed E-state index contributed by atoms with van der Waals surface area (Å²) >= 11 is 0. The Hall–Kier alpha value is -1.89. The summed E-state index contributed by atoms with van der Waals surface area (Å²) in [4.78, 5) is 28.4. The van der Waals surface area contributed by atoms with Gasteiger partial charge in [0.1, 0.15) is 0 Å². The highest BCUT2D eigenvalue weighted by Crippen LogP contribution is 2.30. The molecular weight excluding hydrogens is 320 g/mol. The molecule has 2 amide bonds. The van der Waals surface area contributed by atoms with E-state index in [-0.39, 0.29) is 29.8 Å². The maximum Gasteiger partial charge on any atom is 0.240 e. The Labute approximate surface area is 148 Å². The zero-order valence-corrected chi connectivity index (χ0v) is 15.3. The number of hydrogen-bond donors (Lipinski definition) is 1. The molecule has 2 aliphatic rings. The number of anilines is 1. The lowest BCUT2D eigenvalue weighted by Crippen LogP contribution is -2.49. The van der Waals surface area contributed by atoms with E-state index in [0.717, 1.165) is 44.5 Å². The molecule has 0 aromatic carbocycles. The van der Waals surface area contributed by atoms with Crippen LogP contribution in [0.2, 0.25) is 0 Å². The van der Waals surface area contributed by atoms with Crippen molar-refractivity contribution in [3.63, 3.8) is 0 Å². The Balaban J connectivity index is 1.59. The second-order valence-electron chi connectivity index (χ2n) is 7.42. The highest BCUT2D eigenvalue weighted by molar-refractivity contribution is 5.91. The van der Waals surface area contributed by atoms with E-state index in [1.54, 1.807) is 13.0 Å². The monoisotopic (exact) mass is 348 g/mol. The van der Waals surface area contributed by atoms with E-state index in [9.17, 15) is 9.59 Å². The van der Waals surface area contributed by atoms with Gasteiger partial charge in [0.05, 0.1) is 12.2 Å². The fourth-order valence-corrected chi connectivity index (χ4v) is 4.05. The molecule has 7 heteroatoms. The first-order chi connectivity index (χ1) is 12.0. The predicted molar refractivity (Wildman–Crippen MR) is 94.2 cm³/mol. The Morgan fingerprint density at radius 3 is 2.68 bits per heavy atom. The molecule has 0 unspecified atom stereocenters. The lowest BCUT2D eigenvalue weighted by Gasteiger charge is -2.34. The molecule has 1 aromatic rings. The minimum absolute atomic E-state index is 0.0919. The minimum Gasteiger partial charge on any atom is -0.338 e. The lowest BCUT2D eigenvalue weighted by molar-refractivity contribution is -0.130. The van der Waals surface area contributed by atoms with Crippen LogP contribution in [0, 0.1) is 0 Å². The van der Waals surface area contributed by atoms with Crippen molar-refractivity contribution in [3.8, 4) is 0 Å². The number of likely N-dealkylation sites (tertiary alicyclic amines) is 2. The molecule has 0 aliphatic carbocycles. The van der Waals surface area contributed by atoms with Gasteiger partial charge < -0.3 is 9.42 Å². The van der Waals surface area contributed by atoms with Gasteiger partial charge in [-0.3, -0.25) is 19.8 Å². The predicted octanol–water partition coefficient (Wildman–Crippen LogP) is 2.21. The molecule has 0 radical (unpaired) electrons. The van der Waals surface area contributed by atoms with Gasteiger partial charge >= 0.3 is 0 Å². The number of amides is 2. The third kappa shape index (κ3) is 4.03. The molecule has 2 fully saturated rings. The third-order valence-corrected chi connectivity index (χ3v) is 5.29. The van der Waals surface area contributed by atoms with Gasteiger partial charge in [-0.25, -0.2) is 0 Å². The first kappa shape index (κ1) is 17.9. The number of aromatic nitrogens is 1. The molecule has 0 bridgehead atoms. The first-order valence-corrected chi connectivity index (χ1v) is 9.23. The summed E-state index contributed by atoms with van der Waals surface area (Å²) in [5, 5.41) is 6.76. The van der Waals surface area contributed by atoms with Crippen LogP contribution >= 0.6 is 0 Å². The summed E-state index contributed by atoms with van der Waals surface area (Å²) in [6, 6.07) is 2.29. The zero-order chi connectivity index (χ0) is 18.0. The van der Waals surface area contributed by atoms with Gasteiger partial charge in [-0.15, -0.1) is 0 Å². The number of carbonyl (C=O) groups is 2. The van der Waals surface area contributed by atoms with Crippen LogP contribution in [0.25, 0.3) is 0 Å². The van der Waals surface area contributed by atoms with Crippen LogP contribution in [0.5, 0.6) is 0 Å². The smallest absolute Gasteiger partial charge is 0.240 e. The third-order valence-electron chi connectivity index (χ3n) is 5.29. The van der Waals surface area contributed by atoms with Crippen molar-refractivity contribution in [3.05, 3.63) is 11.8 Å². The molecule has 2 atom stereocenters. The number of nitrogens with zero attached hydrogens (tertiary/aromatic N) is 3. The number of nitrogens with one attached hydrogen (secondary N) is 1. The van der Waals surface area contributed by atoms with Crippen molar-refractivity contribution in [2.75, 3.05) is 25.0 Å². The molecule has 0 spiro atoms. The standard InChI is InChI=1S/C18H28N4O3/c1-12(2)14-10-18(25-20-14)19-17(24)11-21-8-4-6-15(21)16-7-5-9-22(16)13(3)23/h10,12,15-16H,4-9,11H2,1-3H3,(H,19,24)/t15-,16+/m1/s1. The summed E-state index contributed by atoms with van der Waals surface area (Å²) in [6.45, 7) is 7.76. The Morgan fingerprint density at radius 1 is 1.28 bits per heavy atom. The van der Waals surface area contributed by atoms with Crippen LogP contribution in [-0.2, 0) is 9.59 Å². The molecule has 138 valence electrons. The van der Waals surface area contributed by atoms with Gasteiger partial charge in [0.25, 0.3) is 0 Å². The second-order valence-corrected chi connectivity index (χ2v) is 7.42. The highest BCUT2D eigenvalue weighted by atomic mass is 16.5. The fourth-order valence-electron chi connectivity index (χ4n) is 4.05. The maximum atomic E-state index is 12.4. The van der Waals surface area contributed by atoms with Crippen molar-refractivity contribution in [2.45, 2.75) is 64.5 Å². The molecule has 3 heterocycles. The van der Waals surface area contributed by atoms with Crippen LogP contribution < -0.4 is 5.32 Å². The Kier molecular flexibility index (Phi) is 5.42. The van der Waals surface area contributed by atoms with Crippen molar-refractivity contribution < 1.29 is 14.1 Å². The van der Waals surface area contributed by atoms with E-state index in [0.29, 0.717) is 12.4 Å². The summed E-state index contributed by atoms with van der Waals surface area (Å²) < 4.78 is 5.18. The maximum absolute atomic E-state index is 12.4. The highest BCUT2D eigenvalue weighted by Gasteiger charge is 2.39. The fraction of sp³-hybridized carbons (Fsp3) is 0.722. The molecule has 25 heavy (non-hydrogen) atoms. The Bertz CT molecular complexity index is 628. The zero-order valence-electron chi connectivity index (χ0n) is 15.3. The molecule has 1 aromatic heterocycles. The molecule has 2 aliphatic heterocycles. The summed E-state index contributed by atoms with van der Waals surface area (Å²) in [5.41, 5.74) is 0.831. The minimum atomic E-state index is -0.0919. The van der Waals surface area contributed by atoms with Gasteiger partial charge in [-0.2, -0.15) is 0 Å². The lowest BCUT2D eigenvalue weighted by atomic mass is 10.0. The average molecular weight is 348 g/mol. The van der Waals surface area contributed by atoms with Gasteiger partial charge in [-0.05, 0) is 38.1 Å². The van der Waals surface area contributed by atoms with Crippen molar-refractivity contribution >= 4 is 17.7 Å². The SMILES string of the molecule is CC(=O)N1CCC[C@H]1[C@H]1CCCN1CC(=O)Nc1cc(C(C)C)no1. The van der Waals surface area contributed by atoms with Crippen LogP contribution in [0.3, 0.4) is 0 Å². The molecule has 2 saturated heterocycles. The summed E-state index contributed by atoms with van der Waals surface area (Å²) in [7, 11) is 0. The molecule has 1 N–H and O–H groups in total. The normalized spacial score (nSPS) is 24.2. The van der Waals surface area contributed by atoms with Gasteiger partial charge in [0, 0.05) is 31.6 Å². The Morgan fingerprint density at radius 2 is 2.00 bits per heavy atom. The molecule has 3 rings (SSSR count). The average Bonchev–Trinajstić information content (AvgIpc) is 3.25. The number of hydrogen-bond acceptors (Lipinski definition) is 5. The number of rotatable bonds is 5. The first-order valence-electron chi connectivity index (χ1n) is 9.23. The summed E-state index contributed by atoms with van der Waals surface area (Å²) in [6.07, 6.45) is 4.20.